The molecule has 1 unspecified atom stereocenters. The summed E-state index contributed by atoms with van der Waals surface area (Å²) in [4.78, 5) is 10.9. The molecule has 0 fully saturated rings. The van der Waals surface area contributed by atoms with Crippen molar-refractivity contribution in [2.24, 2.45) is 0 Å². The van der Waals surface area contributed by atoms with Crippen molar-refractivity contribution in [3.8, 4) is 11.4 Å². The molecule has 0 radical (unpaired) electrons. The van der Waals surface area contributed by atoms with E-state index in [0.717, 1.165) is 10.7 Å². The van der Waals surface area contributed by atoms with Crippen molar-refractivity contribution in [3.63, 3.8) is 0 Å². The van der Waals surface area contributed by atoms with Crippen LogP contribution in [0.4, 0.5) is 4.39 Å². The van der Waals surface area contributed by atoms with Crippen LogP contribution in [0.1, 0.15) is 13.0 Å². The quantitative estimate of drug-likeness (QED) is 0.919. The average molecular weight is 271 g/mol. The van der Waals surface area contributed by atoms with Gasteiger partial charge in [0.25, 0.3) is 0 Å². The standard InChI is InChI=1S/C10H8ClFN4O2/c1-5(10(17)18)16-9(13-14-15-16)7-3-2-6(12)4-8(7)11/h2-5H,1H3,(H,17,18). The molecular weight excluding hydrogens is 263 g/mol. The van der Waals surface area contributed by atoms with Gasteiger partial charge in [0.15, 0.2) is 11.9 Å². The molecule has 1 N–H and O–H groups in total. The fourth-order valence-corrected chi connectivity index (χ4v) is 1.66. The first-order valence-electron chi connectivity index (χ1n) is 4.97. The van der Waals surface area contributed by atoms with Crippen molar-refractivity contribution < 1.29 is 14.3 Å². The summed E-state index contributed by atoms with van der Waals surface area (Å²) in [5, 5.41) is 19.8. The molecule has 6 nitrogen and oxygen atoms in total. The molecule has 0 aliphatic heterocycles. The van der Waals surface area contributed by atoms with Crippen LogP contribution in [-0.2, 0) is 4.79 Å². The van der Waals surface area contributed by atoms with E-state index in [-0.39, 0.29) is 10.8 Å². The van der Waals surface area contributed by atoms with Gasteiger partial charge in [-0.3, -0.25) is 0 Å². The number of halogens is 2. The van der Waals surface area contributed by atoms with Gasteiger partial charge in [-0.05, 0) is 35.5 Å². The summed E-state index contributed by atoms with van der Waals surface area (Å²) in [6.45, 7) is 1.43. The number of hydrogen-bond acceptors (Lipinski definition) is 4. The first-order valence-corrected chi connectivity index (χ1v) is 5.34. The molecule has 18 heavy (non-hydrogen) atoms. The van der Waals surface area contributed by atoms with E-state index >= 15 is 0 Å². The third kappa shape index (κ3) is 2.17. The lowest BCUT2D eigenvalue weighted by Crippen LogP contribution is -2.18. The number of carboxylic acid groups (broad SMARTS) is 1. The van der Waals surface area contributed by atoms with Crippen LogP contribution < -0.4 is 0 Å². The number of nitrogens with zero attached hydrogens (tertiary/aromatic N) is 4. The number of aliphatic carboxylic acids is 1. The third-order valence-corrected chi connectivity index (χ3v) is 2.70. The van der Waals surface area contributed by atoms with E-state index in [2.05, 4.69) is 15.5 Å². The highest BCUT2D eigenvalue weighted by Crippen LogP contribution is 2.27. The first-order chi connectivity index (χ1) is 8.50. The van der Waals surface area contributed by atoms with E-state index in [1.807, 2.05) is 0 Å². The van der Waals surface area contributed by atoms with E-state index in [9.17, 15) is 9.18 Å². The maximum atomic E-state index is 12.9. The van der Waals surface area contributed by atoms with Crippen LogP contribution in [-0.4, -0.2) is 31.3 Å². The van der Waals surface area contributed by atoms with Crippen molar-refractivity contribution >= 4 is 17.6 Å². The maximum Gasteiger partial charge on any atom is 0.328 e. The number of tetrazole rings is 1. The molecule has 1 heterocycles. The molecule has 1 aromatic carbocycles. The van der Waals surface area contributed by atoms with Crippen molar-refractivity contribution in [2.75, 3.05) is 0 Å². The molecule has 0 amide bonds. The van der Waals surface area contributed by atoms with E-state index < -0.39 is 17.8 Å². The number of benzene rings is 1. The molecule has 0 aliphatic rings. The van der Waals surface area contributed by atoms with Gasteiger partial charge in [0.2, 0.25) is 0 Å². The normalized spacial score (nSPS) is 12.4. The Morgan fingerprint density at radius 3 is 2.89 bits per heavy atom. The van der Waals surface area contributed by atoms with Crippen molar-refractivity contribution in [1.29, 1.82) is 0 Å². The predicted octanol–water partition coefficient (Wildman–Crippen LogP) is 1.78. The summed E-state index contributed by atoms with van der Waals surface area (Å²) < 4.78 is 14.1. The Morgan fingerprint density at radius 1 is 1.56 bits per heavy atom. The first kappa shape index (κ1) is 12.4. The summed E-state index contributed by atoms with van der Waals surface area (Å²) in [6, 6.07) is 2.76. The van der Waals surface area contributed by atoms with Gasteiger partial charge in [-0.1, -0.05) is 11.6 Å². The van der Waals surface area contributed by atoms with E-state index in [1.54, 1.807) is 0 Å². The van der Waals surface area contributed by atoms with Crippen LogP contribution in [0.25, 0.3) is 11.4 Å². The van der Waals surface area contributed by atoms with Crippen LogP contribution in [0.2, 0.25) is 5.02 Å². The van der Waals surface area contributed by atoms with Gasteiger partial charge in [0, 0.05) is 5.56 Å². The molecule has 0 saturated heterocycles. The third-order valence-electron chi connectivity index (χ3n) is 2.39. The molecule has 2 rings (SSSR count). The van der Waals surface area contributed by atoms with Crippen LogP contribution in [0.3, 0.4) is 0 Å². The van der Waals surface area contributed by atoms with Gasteiger partial charge in [0.1, 0.15) is 5.82 Å². The van der Waals surface area contributed by atoms with Crippen LogP contribution >= 0.6 is 11.6 Å². The van der Waals surface area contributed by atoms with Gasteiger partial charge < -0.3 is 5.11 Å². The van der Waals surface area contributed by atoms with Gasteiger partial charge in [-0.2, -0.15) is 0 Å². The minimum absolute atomic E-state index is 0.114. The largest absolute Gasteiger partial charge is 0.480 e. The zero-order chi connectivity index (χ0) is 13.3. The van der Waals surface area contributed by atoms with Crippen LogP contribution in [0.15, 0.2) is 18.2 Å². The summed E-state index contributed by atoms with van der Waals surface area (Å²) >= 11 is 5.88. The molecule has 0 spiro atoms. The average Bonchev–Trinajstić information content (AvgIpc) is 2.76. The summed E-state index contributed by atoms with van der Waals surface area (Å²) in [5.41, 5.74) is 0.371. The molecule has 1 aromatic heterocycles. The monoisotopic (exact) mass is 270 g/mol. The van der Waals surface area contributed by atoms with Gasteiger partial charge in [-0.15, -0.1) is 5.10 Å². The summed E-state index contributed by atoms with van der Waals surface area (Å²) in [6.07, 6.45) is 0. The highest BCUT2D eigenvalue weighted by molar-refractivity contribution is 6.33. The second kappa shape index (κ2) is 4.69. The molecule has 1 atom stereocenters. The number of aromatic nitrogens is 4. The van der Waals surface area contributed by atoms with E-state index in [4.69, 9.17) is 16.7 Å². The molecule has 0 aliphatic carbocycles. The highest BCUT2D eigenvalue weighted by atomic mass is 35.5. The second-order valence-electron chi connectivity index (χ2n) is 3.59. The number of carboxylic acids is 1. The fourth-order valence-electron chi connectivity index (χ4n) is 1.41. The number of carbonyl (C=O) groups is 1. The summed E-state index contributed by atoms with van der Waals surface area (Å²) in [7, 11) is 0. The van der Waals surface area contributed by atoms with Gasteiger partial charge in [0.05, 0.1) is 5.02 Å². The summed E-state index contributed by atoms with van der Waals surface area (Å²) in [5.74, 6) is -1.40. The van der Waals surface area contributed by atoms with E-state index in [0.29, 0.717) is 5.56 Å². The van der Waals surface area contributed by atoms with Gasteiger partial charge >= 0.3 is 5.97 Å². The smallest absolute Gasteiger partial charge is 0.328 e. The number of hydrogen-bond donors (Lipinski definition) is 1. The molecule has 8 heteroatoms. The van der Waals surface area contributed by atoms with Gasteiger partial charge in [-0.25, -0.2) is 13.9 Å². The van der Waals surface area contributed by atoms with Crippen molar-refractivity contribution in [3.05, 3.63) is 29.0 Å². The molecule has 0 bridgehead atoms. The lowest BCUT2D eigenvalue weighted by atomic mass is 10.2. The Balaban J connectivity index is 2.52. The van der Waals surface area contributed by atoms with Crippen molar-refractivity contribution in [2.45, 2.75) is 13.0 Å². The fraction of sp³-hybridized carbons (Fsp3) is 0.200. The zero-order valence-electron chi connectivity index (χ0n) is 9.21. The number of rotatable bonds is 3. The molecule has 2 aromatic rings. The molecule has 0 saturated carbocycles. The predicted molar refractivity (Wildman–Crippen MR) is 60.6 cm³/mol. The van der Waals surface area contributed by atoms with Crippen LogP contribution in [0, 0.1) is 5.82 Å². The Kier molecular flexibility index (Phi) is 3.24. The zero-order valence-corrected chi connectivity index (χ0v) is 9.97. The lowest BCUT2D eigenvalue weighted by Gasteiger charge is -2.09. The molecular formula is C10H8ClFN4O2. The van der Waals surface area contributed by atoms with Crippen LogP contribution in [0.5, 0.6) is 0 Å². The second-order valence-corrected chi connectivity index (χ2v) is 3.99. The van der Waals surface area contributed by atoms with Crippen molar-refractivity contribution in [1.82, 2.24) is 20.2 Å². The minimum Gasteiger partial charge on any atom is -0.480 e. The maximum absolute atomic E-state index is 12.9. The Hall–Kier alpha value is -2.02. The molecule has 94 valence electrons. The topological polar surface area (TPSA) is 80.9 Å². The lowest BCUT2D eigenvalue weighted by molar-refractivity contribution is -0.140. The highest BCUT2D eigenvalue weighted by Gasteiger charge is 2.21. The Bertz CT molecular complexity index is 601. The Labute approximate surface area is 106 Å². The Morgan fingerprint density at radius 2 is 2.28 bits per heavy atom. The van der Waals surface area contributed by atoms with E-state index in [1.165, 1.54) is 19.1 Å². The minimum atomic E-state index is -1.08. The SMILES string of the molecule is CC(C(=O)O)n1nnnc1-c1ccc(F)cc1Cl.